The number of benzene rings is 1. The topological polar surface area (TPSA) is 79.2 Å². The number of ether oxygens (including phenoxy) is 1. The highest BCUT2D eigenvalue weighted by Crippen LogP contribution is 2.19. The summed E-state index contributed by atoms with van der Waals surface area (Å²) in [5, 5.41) is 0. The smallest absolute Gasteiger partial charge is 0.340 e. The zero-order valence-corrected chi connectivity index (χ0v) is 12.2. The van der Waals surface area contributed by atoms with Gasteiger partial charge in [-0.15, -0.1) is 0 Å². The lowest BCUT2D eigenvalue weighted by Gasteiger charge is -2.10. The van der Waals surface area contributed by atoms with Crippen molar-refractivity contribution in [2.45, 2.75) is 26.4 Å². The highest BCUT2D eigenvalue weighted by molar-refractivity contribution is 5.96. The van der Waals surface area contributed by atoms with Crippen molar-refractivity contribution in [1.82, 2.24) is 9.13 Å². The van der Waals surface area contributed by atoms with Gasteiger partial charge in [0.05, 0.1) is 19.2 Å². The van der Waals surface area contributed by atoms with E-state index in [-0.39, 0.29) is 12.2 Å². The fourth-order valence-electron chi connectivity index (χ4n) is 2.27. The molecule has 0 fully saturated rings. The van der Waals surface area contributed by atoms with Crippen LogP contribution in [0, 0.1) is 0 Å². The number of carbonyl (C=O) groups excluding carboxylic acids is 1. The number of nitrogen functional groups attached to an aromatic ring is 1. The van der Waals surface area contributed by atoms with E-state index < -0.39 is 5.97 Å². The first-order chi connectivity index (χ1) is 10.1. The monoisotopic (exact) mass is 289 g/mol. The Bertz CT molecular complexity index is 700. The van der Waals surface area contributed by atoms with Crippen molar-refractivity contribution < 1.29 is 9.53 Å². The van der Waals surface area contributed by atoms with E-state index in [0.29, 0.717) is 23.4 Å². The number of nitrogens with two attached hydrogens (primary N) is 1. The van der Waals surface area contributed by atoms with Gasteiger partial charge < -0.3 is 10.5 Å². The molecule has 2 aromatic rings. The summed E-state index contributed by atoms with van der Waals surface area (Å²) >= 11 is 0. The van der Waals surface area contributed by atoms with E-state index in [2.05, 4.69) is 0 Å². The van der Waals surface area contributed by atoms with E-state index in [1.807, 2.05) is 6.92 Å². The Hall–Kier alpha value is -2.50. The third-order valence-corrected chi connectivity index (χ3v) is 3.30. The highest BCUT2D eigenvalue weighted by Gasteiger charge is 2.16. The van der Waals surface area contributed by atoms with Crippen molar-refractivity contribution in [3.63, 3.8) is 0 Å². The van der Waals surface area contributed by atoms with Gasteiger partial charge in [0.2, 0.25) is 0 Å². The van der Waals surface area contributed by atoms with Crippen LogP contribution < -0.4 is 11.4 Å². The van der Waals surface area contributed by atoms with Gasteiger partial charge in [0.1, 0.15) is 0 Å². The Morgan fingerprint density at radius 3 is 2.67 bits per heavy atom. The molecule has 2 rings (SSSR count). The number of esters is 1. The largest absolute Gasteiger partial charge is 0.465 e. The third-order valence-electron chi connectivity index (χ3n) is 3.30. The molecule has 2 N–H and O–H groups in total. The number of anilines is 1. The van der Waals surface area contributed by atoms with E-state index in [1.54, 1.807) is 39.7 Å². The molecule has 0 atom stereocenters. The van der Waals surface area contributed by atoms with Crippen LogP contribution in [0.4, 0.5) is 5.69 Å². The van der Waals surface area contributed by atoms with Gasteiger partial charge in [-0.1, -0.05) is 19.1 Å². The molecule has 1 heterocycles. The van der Waals surface area contributed by atoms with Crippen molar-refractivity contribution in [3.05, 3.63) is 52.2 Å². The predicted octanol–water partition coefficient (Wildman–Crippen LogP) is 1.48. The Morgan fingerprint density at radius 1 is 1.29 bits per heavy atom. The van der Waals surface area contributed by atoms with Crippen LogP contribution in [0.3, 0.4) is 0 Å². The summed E-state index contributed by atoms with van der Waals surface area (Å²) in [5.41, 5.74) is 7.07. The Labute approximate surface area is 122 Å². The number of rotatable bonds is 5. The van der Waals surface area contributed by atoms with Gasteiger partial charge in [0, 0.05) is 24.6 Å². The summed E-state index contributed by atoms with van der Waals surface area (Å²) in [4.78, 5) is 24.0. The number of methoxy groups -OCH3 is 1. The van der Waals surface area contributed by atoms with Gasteiger partial charge in [-0.3, -0.25) is 9.13 Å². The maximum Gasteiger partial charge on any atom is 0.340 e. The first-order valence-corrected chi connectivity index (χ1v) is 6.79. The zero-order chi connectivity index (χ0) is 15.4. The van der Waals surface area contributed by atoms with Gasteiger partial charge in [-0.2, -0.15) is 0 Å². The number of aryl methyl sites for hydroxylation is 1. The van der Waals surface area contributed by atoms with Crippen LogP contribution in [-0.4, -0.2) is 22.2 Å². The number of imidazole rings is 1. The molecular weight excluding hydrogens is 270 g/mol. The van der Waals surface area contributed by atoms with Crippen molar-refractivity contribution in [2.75, 3.05) is 12.8 Å². The highest BCUT2D eigenvalue weighted by atomic mass is 16.5. The van der Waals surface area contributed by atoms with Gasteiger partial charge in [-0.05, 0) is 18.1 Å². The fourth-order valence-corrected chi connectivity index (χ4v) is 2.27. The van der Waals surface area contributed by atoms with Crippen LogP contribution in [0.25, 0.3) is 0 Å². The normalized spacial score (nSPS) is 10.6. The summed E-state index contributed by atoms with van der Waals surface area (Å²) in [6.07, 6.45) is 4.34. The lowest BCUT2D eigenvalue weighted by molar-refractivity contribution is 0.0600. The predicted molar refractivity (Wildman–Crippen MR) is 80.3 cm³/mol. The quantitative estimate of drug-likeness (QED) is 0.668. The van der Waals surface area contributed by atoms with Crippen molar-refractivity contribution in [2.24, 2.45) is 0 Å². The second kappa shape index (κ2) is 6.30. The van der Waals surface area contributed by atoms with Crippen molar-refractivity contribution in [3.8, 4) is 0 Å². The number of nitrogens with zero attached hydrogens (tertiary/aromatic N) is 2. The van der Waals surface area contributed by atoms with Gasteiger partial charge >= 0.3 is 11.7 Å². The maximum absolute atomic E-state index is 12.2. The van der Waals surface area contributed by atoms with E-state index in [4.69, 9.17) is 10.5 Å². The minimum absolute atomic E-state index is 0.102. The molecule has 0 saturated carbocycles. The van der Waals surface area contributed by atoms with Crippen LogP contribution in [0.15, 0.2) is 35.4 Å². The molecule has 1 aromatic carbocycles. The van der Waals surface area contributed by atoms with Gasteiger partial charge in [0.15, 0.2) is 0 Å². The summed E-state index contributed by atoms with van der Waals surface area (Å²) in [5.74, 6) is -0.496. The Kier molecular flexibility index (Phi) is 4.47. The van der Waals surface area contributed by atoms with Crippen LogP contribution in [0.1, 0.15) is 29.3 Å². The first-order valence-electron chi connectivity index (χ1n) is 6.79. The van der Waals surface area contributed by atoms with E-state index in [0.717, 1.165) is 6.42 Å². The second-order valence-corrected chi connectivity index (χ2v) is 4.77. The molecule has 0 saturated heterocycles. The molecule has 1 aromatic heterocycles. The fraction of sp³-hybridized carbons (Fsp3) is 0.333. The number of hydrogen-bond acceptors (Lipinski definition) is 4. The molecule has 21 heavy (non-hydrogen) atoms. The standard InChI is InChI=1S/C15H19N3O3/c1-3-7-17-8-9-18(15(17)20)10-11-5-4-6-12(16)13(11)14(19)21-2/h4-6,8-9H,3,7,10,16H2,1-2H3. The number of hydrogen-bond donors (Lipinski definition) is 1. The summed E-state index contributed by atoms with van der Waals surface area (Å²) in [7, 11) is 1.31. The maximum atomic E-state index is 12.2. The second-order valence-electron chi connectivity index (χ2n) is 4.77. The molecule has 0 amide bonds. The molecule has 6 heteroatoms. The molecule has 0 unspecified atom stereocenters. The lowest BCUT2D eigenvalue weighted by atomic mass is 10.1. The SMILES string of the molecule is CCCn1ccn(Cc2cccc(N)c2C(=O)OC)c1=O. The lowest BCUT2D eigenvalue weighted by Crippen LogP contribution is -2.25. The average Bonchev–Trinajstić information content (AvgIpc) is 2.80. The number of carbonyl (C=O) groups is 1. The zero-order valence-electron chi connectivity index (χ0n) is 12.2. The molecule has 0 radical (unpaired) electrons. The molecule has 6 nitrogen and oxygen atoms in total. The third kappa shape index (κ3) is 2.99. The van der Waals surface area contributed by atoms with Gasteiger partial charge in [0.25, 0.3) is 0 Å². The van der Waals surface area contributed by atoms with Crippen LogP contribution >= 0.6 is 0 Å². The van der Waals surface area contributed by atoms with Gasteiger partial charge in [-0.25, -0.2) is 9.59 Å². The average molecular weight is 289 g/mol. The Balaban J connectivity index is 2.38. The van der Waals surface area contributed by atoms with Crippen molar-refractivity contribution >= 4 is 11.7 Å². The van der Waals surface area contributed by atoms with Crippen LogP contribution in [0.5, 0.6) is 0 Å². The molecular formula is C15H19N3O3. The molecule has 0 aliphatic carbocycles. The summed E-state index contributed by atoms with van der Waals surface area (Å²) in [6, 6.07) is 5.16. The van der Waals surface area contributed by atoms with E-state index in [1.165, 1.54) is 7.11 Å². The first kappa shape index (κ1) is 14.9. The minimum Gasteiger partial charge on any atom is -0.465 e. The summed E-state index contributed by atoms with van der Waals surface area (Å²) in [6.45, 7) is 2.97. The van der Waals surface area contributed by atoms with Crippen LogP contribution in [0.2, 0.25) is 0 Å². The molecule has 0 spiro atoms. The van der Waals surface area contributed by atoms with Crippen molar-refractivity contribution in [1.29, 1.82) is 0 Å². The molecule has 0 aliphatic heterocycles. The molecule has 112 valence electrons. The molecule has 0 bridgehead atoms. The van der Waals surface area contributed by atoms with E-state index >= 15 is 0 Å². The Morgan fingerprint density at radius 2 is 2.00 bits per heavy atom. The minimum atomic E-state index is -0.496. The number of aromatic nitrogens is 2. The van der Waals surface area contributed by atoms with Crippen LogP contribution in [-0.2, 0) is 17.8 Å². The molecule has 0 aliphatic rings. The summed E-state index contributed by atoms with van der Waals surface area (Å²) < 4.78 is 7.95. The van der Waals surface area contributed by atoms with E-state index in [9.17, 15) is 9.59 Å².